The molecule has 80 valence electrons. The molecule has 2 heteroatoms. The molecule has 0 fully saturated rings. The summed E-state index contributed by atoms with van der Waals surface area (Å²) in [5.74, 6) is 1.01. The zero-order valence-corrected chi connectivity index (χ0v) is 10.6. The molecule has 1 aromatic rings. The molecule has 0 bridgehead atoms. The third-order valence-corrected chi connectivity index (χ3v) is 3.19. The van der Waals surface area contributed by atoms with Crippen molar-refractivity contribution in [1.29, 1.82) is 0 Å². The molecule has 1 nitrogen and oxygen atoms in total. The molecule has 0 atom stereocenters. The summed E-state index contributed by atoms with van der Waals surface area (Å²) in [6.07, 6.45) is 4.27. The molecule has 0 unspecified atom stereocenters. The summed E-state index contributed by atoms with van der Waals surface area (Å²) < 4.78 is 5.49. The molecule has 0 aliphatic rings. The van der Waals surface area contributed by atoms with E-state index in [1.807, 2.05) is 0 Å². The van der Waals surface area contributed by atoms with Crippen molar-refractivity contribution in [3.05, 3.63) is 21.6 Å². The summed E-state index contributed by atoms with van der Waals surface area (Å²) >= 11 is 0. The van der Waals surface area contributed by atoms with Crippen LogP contribution in [-0.4, -0.2) is 15.0 Å². The number of hydrogen-bond donors (Lipinski definition) is 0. The van der Waals surface area contributed by atoms with Gasteiger partial charge in [0.1, 0.15) is 13.6 Å². The lowest BCUT2D eigenvalue weighted by Crippen LogP contribution is -2.36. The average Bonchev–Trinajstić information content (AvgIpc) is 2.25. The van der Waals surface area contributed by atoms with Crippen molar-refractivity contribution in [3.8, 4) is 5.75 Å². The van der Waals surface area contributed by atoms with E-state index in [9.17, 15) is 0 Å². The fourth-order valence-corrected chi connectivity index (χ4v) is 2.10. The van der Waals surface area contributed by atoms with Crippen LogP contribution in [0.3, 0.4) is 0 Å². The minimum atomic E-state index is 1.01. The minimum absolute atomic E-state index is 1.01. The fourth-order valence-electron chi connectivity index (χ4n) is 2.10. The molecule has 0 saturated carbocycles. The van der Waals surface area contributed by atoms with Gasteiger partial charge in [0.05, 0.1) is 7.11 Å². The summed E-state index contributed by atoms with van der Waals surface area (Å²) in [6, 6.07) is 0. The number of rotatable bonds is 1. The van der Waals surface area contributed by atoms with E-state index in [2.05, 4.69) is 47.7 Å². The fraction of sp³-hybridized carbons (Fsp3) is 0.385. The average molecular weight is 202 g/mol. The van der Waals surface area contributed by atoms with Gasteiger partial charge in [-0.15, -0.1) is 0 Å². The Bertz CT molecular complexity index is 486. The molecule has 0 amide bonds. The summed E-state index contributed by atoms with van der Waals surface area (Å²) in [4.78, 5) is 0. The summed E-state index contributed by atoms with van der Waals surface area (Å²) in [5.41, 5.74) is 3.92. The molecular weight excluding hydrogens is 183 g/mol. The topological polar surface area (TPSA) is 9.23 Å². The molecule has 0 heterocycles. The summed E-state index contributed by atoms with van der Waals surface area (Å²) in [7, 11) is 3.86. The molecule has 1 aromatic carbocycles. The molecule has 1 rings (SSSR count). The highest BCUT2D eigenvalue weighted by Gasteiger charge is 2.07. The maximum Gasteiger partial charge on any atom is 0.144 e. The SMILES string of the molecule is Bc1c(C)c(C)c(=C/C)/c(=C\C)c1OC. The number of benzene rings is 1. The van der Waals surface area contributed by atoms with Gasteiger partial charge >= 0.3 is 0 Å². The Balaban J connectivity index is 3.95. The smallest absolute Gasteiger partial charge is 0.144 e. The van der Waals surface area contributed by atoms with Gasteiger partial charge in [-0.05, 0) is 43.9 Å². The molecular formula is C13H19BO. The van der Waals surface area contributed by atoms with Crippen LogP contribution in [0.5, 0.6) is 5.75 Å². The van der Waals surface area contributed by atoms with E-state index in [-0.39, 0.29) is 0 Å². The maximum atomic E-state index is 5.49. The van der Waals surface area contributed by atoms with Crippen LogP contribution >= 0.6 is 0 Å². The van der Waals surface area contributed by atoms with Gasteiger partial charge in [0.25, 0.3) is 0 Å². The van der Waals surface area contributed by atoms with E-state index in [1.165, 1.54) is 27.0 Å². The van der Waals surface area contributed by atoms with Crippen molar-refractivity contribution in [2.75, 3.05) is 7.11 Å². The predicted octanol–water partition coefficient (Wildman–Crippen LogP) is 0.171. The van der Waals surface area contributed by atoms with Crippen LogP contribution in [0.1, 0.15) is 25.0 Å². The molecule has 0 aliphatic heterocycles. The van der Waals surface area contributed by atoms with Crippen LogP contribution in [0.25, 0.3) is 12.2 Å². The van der Waals surface area contributed by atoms with Gasteiger partial charge in [-0.1, -0.05) is 17.7 Å². The quantitative estimate of drug-likeness (QED) is 0.590. The van der Waals surface area contributed by atoms with E-state index in [0.29, 0.717) is 0 Å². The normalized spacial score (nSPS) is 13.4. The van der Waals surface area contributed by atoms with Crippen molar-refractivity contribution in [2.24, 2.45) is 0 Å². The Morgan fingerprint density at radius 2 is 1.53 bits per heavy atom. The highest BCUT2D eigenvalue weighted by Crippen LogP contribution is 2.03. The van der Waals surface area contributed by atoms with E-state index >= 15 is 0 Å². The van der Waals surface area contributed by atoms with Crippen LogP contribution in [0.2, 0.25) is 0 Å². The third kappa shape index (κ3) is 1.81. The lowest BCUT2D eigenvalue weighted by molar-refractivity contribution is 0.414. The first-order chi connectivity index (χ1) is 7.08. The van der Waals surface area contributed by atoms with Gasteiger partial charge in [-0.3, -0.25) is 0 Å². The van der Waals surface area contributed by atoms with E-state index in [4.69, 9.17) is 4.74 Å². The first-order valence-electron chi connectivity index (χ1n) is 5.34. The first kappa shape index (κ1) is 11.9. The van der Waals surface area contributed by atoms with Crippen molar-refractivity contribution < 1.29 is 4.74 Å². The zero-order valence-electron chi connectivity index (χ0n) is 10.6. The molecule has 0 spiro atoms. The molecule has 0 saturated heterocycles. The van der Waals surface area contributed by atoms with E-state index in [1.54, 1.807) is 7.11 Å². The van der Waals surface area contributed by atoms with Gasteiger partial charge in [-0.2, -0.15) is 0 Å². The second-order valence-corrected chi connectivity index (χ2v) is 3.81. The Hall–Kier alpha value is -1.18. The maximum absolute atomic E-state index is 5.49. The number of hydrogen-bond acceptors (Lipinski definition) is 1. The van der Waals surface area contributed by atoms with Crippen molar-refractivity contribution >= 4 is 25.5 Å². The molecule has 0 N–H and O–H groups in total. The van der Waals surface area contributed by atoms with Gasteiger partial charge < -0.3 is 4.74 Å². The lowest BCUT2D eigenvalue weighted by Gasteiger charge is -2.13. The van der Waals surface area contributed by atoms with Crippen molar-refractivity contribution in [2.45, 2.75) is 27.7 Å². The van der Waals surface area contributed by atoms with Crippen molar-refractivity contribution in [1.82, 2.24) is 0 Å². The Morgan fingerprint density at radius 3 is 1.93 bits per heavy atom. The minimum Gasteiger partial charge on any atom is -0.497 e. The summed E-state index contributed by atoms with van der Waals surface area (Å²) in [5, 5.41) is 2.50. The second-order valence-electron chi connectivity index (χ2n) is 3.81. The Labute approximate surface area is 92.9 Å². The van der Waals surface area contributed by atoms with Crippen LogP contribution in [-0.2, 0) is 0 Å². The summed E-state index contributed by atoms with van der Waals surface area (Å²) in [6.45, 7) is 8.45. The van der Waals surface area contributed by atoms with Crippen LogP contribution in [0.15, 0.2) is 0 Å². The van der Waals surface area contributed by atoms with Crippen LogP contribution in [0, 0.1) is 13.8 Å². The van der Waals surface area contributed by atoms with Crippen LogP contribution < -0.4 is 20.6 Å². The highest BCUT2D eigenvalue weighted by molar-refractivity contribution is 6.35. The zero-order chi connectivity index (χ0) is 11.6. The first-order valence-corrected chi connectivity index (χ1v) is 5.34. The monoisotopic (exact) mass is 202 g/mol. The standard InChI is InChI=1S/C13H19BO/c1-6-10-8(3)9(4)12(14)13(15-5)11(10)7-2/h6-7H,14H2,1-5H3/b10-6-,11-7+. The van der Waals surface area contributed by atoms with Gasteiger partial charge in [-0.25, -0.2) is 0 Å². The second kappa shape index (κ2) is 4.56. The molecule has 15 heavy (non-hydrogen) atoms. The molecule has 0 aliphatic carbocycles. The van der Waals surface area contributed by atoms with Gasteiger partial charge in [0.15, 0.2) is 0 Å². The molecule has 0 aromatic heterocycles. The highest BCUT2D eigenvalue weighted by atomic mass is 16.5. The lowest BCUT2D eigenvalue weighted by atomic mass is 9.85. The van der Waals surface area contributed by atoms with E-state index in [0.717, 1.165) is 5.75 Å². The Morgan fingerprint density at radius 1 is 1.00 bits per heavy atom. The van der Waals surface area contributed by atoms with Gasteiger partial charge in [0.2, 0.25) is 0 Å². The van der Waals surface area contributed by atoms with Crippen molar-refractivity contribution in [3.63, 3.8) is 0 Å². The third-order valence-electron chi connectivity index (χ3n) is 3.19. The Kier molecular flexibility index (Phi) is 3.62. The molecule has 0 radical (unpaired) electrons. The number of methoxy groups -OCH3 is 1. The van der Waals surface area contributed by atoms with Gasteiger partial charge in [0, 0.05) is 5.22 Å². The predicted molar refractivity (Wildman–Crippen MR) is 70.2 cm³/mol. The van der Waals surface area contributed by atoms with E-state index < -0.39 is 0 Å². The van der Waals surface area contributed by atoms with Crippen LogP contribution in [0.4, 0.5) is 0 Å². The largest absolute Gasteiger partial charge is 0.497 e. The number of ether oxygens (including phenoxy) is 1.